The van der Waals surface area contributed by atoms with Crippen LogP contribution < -0.4 is 0 Å². The zero-order valence-corrected chi connectivity index (χ0v) is 12.1. The van der Waals surface area contributed by atoms with Crippen molar-refractivity contribution >= 4 is 33.4 Å². The van der Waals surface area contributed by atoms with Crippen molar-refractivity contribution in [2.45, 2.75) is 10.6 Å². The number of nitro benzene ring substituents is 1. The van der Waals surface area contributed by atoms with E-state index in [1.54, 1.807) is 6.07 Å². The van der Waals surface area contributed by atoms with Crippen molar-refractivity contribution in [3.8, 4) is 0 Å². The second-order valence-electron chi connectivity index (χ2n) is 3.73. The molecule has 2 aromatic rings. The van der Waals surface area contributed by atoms with Crippen molar-refractivity contribution in [3.63, 3.8) is 0 Å². The van der Waals surface area contributed by atoms with E-state index in [2.05, 4.69) is 15.9 Å². The lowest BCUT2D eigenvalue weighted by Crippen LogP contribution is -1.96. The second kappa shape index (κ2) is 6.16. The number of hydrogen-bond acceptors (Lipinski definition) is 3. The van der Waals surface area contributed by atoms with E-state index in [-0.39, 0.29) is 0 Å². The Morgan fingerprint density at radius 2 is 1.95 bits per heavy atom. The van der Waals surface area contributed by atoms with E-state index in [1.165, 1.54) is 23.9 Å². The van der Waals surface area contributed by atoms with E-state index in [9.17, 15) is 14.5 Å². The number of nitro groups is 1. The first-order valence-electron chi connectivity index (χ1n) is 5.38. The van der Waals surface area contributed by atoms with Crippen molar-refractivity contribution in [3.05, 3.63) is 68.4 Å². The van der Waals surface area contributed by atoms with Crippen molar-refractivity contribution in [1.29, 1.82) is 0 Å². The van der Waals surface area contributed by atoms with Crippen LogP contribution >= 0.6 is 27.7 Å². The molecule has 3 nitrogen and oxygen atoms in total. The van der Waals surface area contributed by atoms with Gasteiger partial charge < -0.3 is 0 Å². The Labute approximate surface area is 122 Å². The molecule has 6 heteroatoms. The molecule has 19 heavy (non-hydrogen) atoms. The normalized spacial score (nSPS) is 10.4. The smallest absolute Gasteiger partial charge is 0.258 e. The van der Waals surface area contributed by atoms with Crippen molar-refractivity contribution in [1.82, 2.24) is 0 Å². The molecule has 98 valence electrons. The van der Waals surface area contributed by atoms with Gasteiger partial charge in [-0.15, -0.1) is 11.8 Å². The molecular weight excluding hydrogens is 333 g/mol. The molecule has 2 aromatic carbocycles. The minimum atomic E-state index is -0.757. The topological polar surface area (TPSA) is 43.1 Å². The minimum absolute atomic E-state index is 0.329. The number of hydrogen-bond donors (Lipinski definition) is 0. The van der Waals surface area contributed by atoms with E-state index in [0.29, 0.717) is 11.3 Å². The Morgan fingerprint density at radius 3 is 2.63 bits per heavy atom. The van der Waals surface area contributed by atoms with Gasteiger partial charge in [0.15, 0.2) is 0 Å². The predicted octanol–water partition coefficient (Wildman–Crippen LogP) is 4.79. The number of nitrogens with zero attached hydrogens (tertiary/aromatic N) is 1. The van der Waals surface area contributed by atoms with Crippen LogP contribution in [0.1, 0.15) is 5.56 Å². The minimum Gasteiger partial charge on any atom is -0.258 e. The van der Waals surface area contributed by atoms with Crippen LogP contribution in [-0.4, -0.2) is 4.92 Å². The molecule has 0 aliphatic rings. The fourth-order valence-corrected chi connectivity index (χ4v) is 3.08. The van der Waals surface area contributed by atoms with Gasteiger partial charge in [0.05, 0.1) is 4.92 Å². The zero-order valence-electron chi connectivity index (χ0n) is 9.68. The van der Waals surface area contributed by atoms with Crippen LogP contribution in [0.25, 0.3) is 0 Å². The summed E-state index contributed by atoms with van der Waals surface area (Å²) >= 11 is 4.83. The Balaban J connectivity index is 2.19. The molecular formula is C13H9BrFNO2S. The van der Waals surface area contributed by atoms with Gasteiger partial charge in [0.1, 0.15) is 0 Å². The molecule has 0 heterocycles. The summed E-state index contributed by atoms with van der Waals surface area (Å²) in [6.45, 7) is 0. The Morgan fingerprint density at radius 1 is 1.21 bits per heavy atom. The first-order chi connectivity index (χ1) is 9.09. The van der Waals surface area contributed by atoms with Crippen LogP contribution in [0.3, 0.4) is 0 Å². The van der Waals surface area contributed by atoms with Crippen molar-refractivity contribution < 1.29 is 9.31 Å². The lowest BCUT2D eigenvalue weighted by molar-refractivity contribution is -0.387. The quantitative estimate of drug-likeness (QED) is 0.456. The van der Waals surface area contributed by atoms with Gasteiger partial charge in [-0.2, -0.15) is 4.39 Å². The van der Waals surface area contributed by atoms with Gasteiger partial charge in [0, 0.05) is 26.8 Å². The molecule has 0 spiro atoms. The van der Waals surface area contributed by atoms with Crippen molar-refractivity contribution in [2.75, 3.05) is 0 Å². The summed E-state index contributed by atoms with van der Waals surface area (Å²) in [5.41, 5.74) is -0.153. The molecule has 0 bridgehead atoms. The zero-order chi connectivity index (χ0) is 13.8. The van der Waals surface area contributed by atoms with Gasteiger partial charge in [0.25, 0.3) is 0 Å². The standard InChI is InChI=1S/C13H9BrFNO2S/c14-10-5-1-2-7-12(10)19-8-9-4-3-6-11(13(9)15)16(17)18/h1-7H,8H2. The third-order valence-corrected chi connectivity index (χ3v) is 4.55. The lowest BCUT2D eigenvalue weighted by Gasteiger charge is -2.05. The van der Waals surface area contributed by atoms with Crippen LogP contribution in [0.2, 0.25) is 0 Å². The third-order valence-electron chi connectivity index (χ3n) is 2.47. The highest BCUT2D eigenvalue weighted by Gasteiger charge is 2.17. The molecule has 0 atom stereocenters. The summed E-state index contributed by atoms with van der Waals surface area (Å²) in [4.78, 5) is 10.9. The van der Waals surface area contributed by atoms with E-state index in [0.717, 1.165) is 9.37 Å². The Bertz CT molecular complexity index is 621. The largest absolute Gasteiger partial charge is 0.305 e. The maximum Gasteiger partial charge on any atom is 0.305 e. The second-order valence-corrected chi connectivity index (χ2v) is 5.60. The fourth-order valence-electron chi connectivity index (χ4n) is 1.54. The van der Waals surface area contributed by atoms with Crippen LogP contribution in [0.15, 0.2) is 51.8 Å². The summed E-state index contributed by atoms with van der Waals surface area (Å²) in [5, 5.41) is 10.7. The molecule has 0 saturated heterocycles. The van der Waals surface area contributed by atoms with Gasteiger partial charge in [-0.1, -0.05) is 24.3 Å². The van der Waals surface area contributed by atoms with Crippen LogP contribution in [0.4, 0.5) is 10.1 Å². The maximum absolute atomic E-state index is 13.9. The van der Waals surface area contributed by atoms with E-state index < -0.39 is 16.4 Å². The van der Waals surface area contributed by atoms with E-state index in [1.807, 2.05) is 24.3 Å². The third kappa shape index (κ3) is 3.33. The van der Waals surface area contributed by atoms with Gasteiger partial charge >= 0.3 is 5.69 Å². The molecule has 0 aromatic heterocycles. The highest BCUT2D eigenvalue weighted by atomic mass is 79.9. The van der Waals surface area contributed by atoms with E-state index in [4.69, 9.17) is 0 Å². The van der Waals surface area contributed by atoms with Crippen LogP contribution in [0.5, 0.6) is 0 Å². The Hall–Kier alpha value is -1.40. The molecule has 0 N–H and O–H groups in total. The summed E-state index contributed by atoms with van der Waals surface area (Å²) < 4.78 is 14.8. The SMILES string of the molecule is O=[N+]([O-])c1cccc(CSc2ccccc2Br)c1F. The molecule has 2 rings (SSSR count). The van der Waals surface area contributed by atoms with E-state index >= 15 is 0 Å². The van der Waals surface area contributed by atoms with Gasteiger partial charge in [-0.25, -0.2) is 0 Å². The highest BCUT2D eigenvalue weighted by Crippen LogP contribution is 2.31. The molecule has 0 amide bonds. The number of halogens is 2. The summed E-state index contributed by atoms with van der Waals surface area (Å²) in [7, 11) is 0. The Kier molecular flexibility index (Phi) is 4.55. The highest BCUT2D eigenvalue weighted by molar-refractivity contribution is 9.10. The monoisotopic (exact) mass is 341 g/mol. The average molecular weight is 342 g/mol. The molecule has 0 saturated carbocycles. The molecule has 0 unspecified atom stereocenters. The number of thioether (sulfide) groups is 1. The molecule has 0 radical (unpaired) electrons. The average Bonchev–Trinajstić information content (AvgIpc) is 2.39. The summed E-state index contributed by atoms with van der Waals surface area (Å²) in [6.07, 6.45) is 0. The number of benzene rings is 2. The lowest BCUT2D eigenvalue weighted by atomic mass is 10.2. The first-order valence-corrected chi connectivity index (χ1v) is 7.16. The fraction of sp³-hybridized carbons (Fsp3) is 0.0769. The molecule has 0 fully saturated rings. The van der Waals surface area contributed by atoms with Gasteiger partial charge in [-0.05, 0) is 28.1 Å². The summed E-state index contributed by atoms with van der Waals surface area (Å²) in [5.74, 6) is -0.414. The maximum atomic E-state index is 13.9. The molecule has 0 aliphatic carbocycles. The van der Waals surface area contributed by atoms with Gasteiger partial charge in [0.2, 0.25) is 5.82 Å². The van der Waals surface area contributed by atoms with Crippen LogP contribution in [0, 0.1) is 15.9 Å². The molecule has 0 aliphatic heterocycles. The van der Waals surface area contributed by atoms with Gasteiger partial charge in [-0.3, -0.25) is 10.1 Å². The van der Waals surface area contributed by atoms with Crippen LogP contribution in [-0.2, 0) is 5.75 Å². The summed E-state index contributed by atoms with van der Waals surface area (Å²) in [6, 6.07) is 11.8. The first kappa shape index (κ1) is 14.0. The predicted molar refractivity (Wildman–Crippen MR) is 76.8 cm³/mol. The number of rotatable bonds is 4. The van der Waals surface area contributed by atoms with Crippen molar-refractivity contribution in [2.24, 2.45) is 0 Å².